The first-order chi connectivity index (χ1) is 13.5. The molecule has 4 rings (SSSR count). The van der Waals surface area contributed by atoms with E-state index in [1.807, 2.05) is 25.2 Å². The summed E-state index contributed by atoms with van der Waals surface area (Å²) in [5.41, 5.74) is 3.06. The molecule has 0 spiro atoms. The van der Waals surface area contributed by atoms with E-state index >= 15 is 0 Å². The van der Waals surface area contributed by atoms with Crippen molar-refractivity contribution in [1.82, 2.24) is 9.88 Å². The lowest BCUT2D eigenvalue weighted by molar-refractivity contribution is -0.125. The first-order valence-corrected chi connectivity index (χ1v) is 10.0. The molecule has 0 bridgehead atoms. The second-order valence-corrected chi connectivity index (χ2v) is 8.24. The van der Waals surface area contributed by atoms with Gasteiger partial charge in [-0.2, -0.15) is 0 Å². The number of aromatic nitrogens is 1. The Morgan fingerprint density at radius 1 is 1.32 bits per heavy atom. The highest BCUT2D eigenvalue weighted by atomic mass is 32.1. The second-order valence-electron chi connectivity index (χ2n) is 6.99. The molecule has 2 aromatic heterocycles. The fourth-order valence-corrected chi connectivity index (χ4v) is 4.47. The topological polar surface area (TPSA) is 62.3 Å². The Kier molecular flexibility index (Phi) is 4.96. The average Bonchev–Trinajstić information content (AvgIpc) is 3.01. The van der Waals surface area contributed by atoms with Gasteiger partial charge in [-0.1, -0.05) is 18.2 Å². The van der Waals surface area contributed by atoms with Gasteiger partial charge < -0.3 is 10.2 Å². The largest absolute Gasteiger partial charge is 0.338 e. The third kappa shape index (κ3) is 3.68. The van der Waals surface area contributed by atoms with Gasteiger partial charge in [-0.05, 0) is 53.6 Å². The molecule has 5 nitrogen and oxygen atoms in total. The van der Waals surface area contributed by atoms with Gasteiger partial charge in [0.05, 0.1) is 0 Å². The Morgan fingerprint density at radius 2 is 2.14 bits per heavy atom. The molecule has 0 unspecified atom stereocenters. The maximum atomic E-state index is 12.6. The molecule has 1 N–H and O–H groups in total. The van der Waals surface area contributed by atoms with Gasteiger partial charge in [0.15, 0.2) is 0 Å². The van der Waals surface area contributed by atoms with E-state index in [9.17, 15) is 9.59 Å². The van der Waals surface area contributed by atoms with Gasteiger partial charge in [0.1, 0.15) is 5.82 Å². The predicted octanol–water partition coefficient (Wildman–Crippen LogP) is 4.16. The van der Waals surface area contributed by atoms with Gasteiger partial charge in [0.2, 0.25) is 11.8 Å². The standard InChI is InChI=1S/C22H21N3O2S/c1-14-18(17-5-3-4-6-19(17)28-14)13-25(2)21(27)10-7-15-11-16-8-9-20(26)24-22(16)23-12-15/h3-7,10-12H,8-9,13H2,1-2H3,(H,23,24,26). The van der Waals surface area contributed by atoms with Crippen LogP contribution >= 0.6 is 11.3 Å². The zero-order valence-corrected chi connectivity index (χ0v) is 16.7. The van der Waals surface area contributed by atoms with Crippen LogP contribution in [0.1, 0.15) is 28.0 Å². The van der Waals surface area contributed by atoms with Crippen LogP contribution in [0.5, 0.6) is 0 Å². The Morgan fingerprint density at radius 3 is 3.00 bits per heavy atom. The van der Waals surface area contributed by atoms with Gasteiger partial charge in [-0.3, -0.25) is 9.59 Å². The van der Waals surface area contributed by atoms with Crippen LogP contribution in [0, 0.1) is 6.92 Å². The minimum atomic E-state index is -0.0549. The van der Waals surface area contributed by atoms with Crippen molar-refractivity contribution in [3.63, 3.8) is 0 Å². The third-order valence-corrected chi connectivity index (χ3v) is 6.09. The van der Waals surface area contributed by atoms with E-state index in [0.717, 1.165) is 11.1 Å². The number of amides is 2. The molecule has 1 aliphatic heterocycles. The molecule has 28 heavy (non-hydrogen) atoms. The number of fused-ring (bicyclic) bond motifs is 2. The summed E-state index contributed by atoms with van der Waals surface area (Å²) in [6.45, 7) is 2.68. The van der Waals surface area contributed by atoms with Crippen molar-refractivity contribution in [3.05, 3.63) is 64.2 Å². The third-order valence-electron chi connectivity index (χ3n) is 4.96. The van der Waals surface area contributed by atoms with E-state index in [1.165, 1.54) is 20.5 Å². The average molecular weight is 391 g/mol. The summed E-state index contributed by atoms with van der Waals surface area (Å²) in [5, 5.41) is 3.98. The Bertz CT molecular complexity index is 1100. The van der Waals surface area contributed by atoms with Crippen molar-refractivity contribution < 1.29 is 9.59 Å². The summed E-state index contributed by atoms with van der Waals surface area (Å²) >= 11 is 1.76. The molecule has 6 heteroatoms. The highest BCUT2D eigenvalue weighted by Gasteiger charge is 2.16. The number of nitrogens with one attached hydrogen (secondary N) is 1. The quantitative estimate of drug-likeness (QED) is 0.679. The van der Waals surface area contributed by atoms with Gasteiger partial charge in [-0.25, -0.2) is 4.98 Å². The molecule has 0 atom stereocenters. The summed E-state index contributed by atoms with van der Waals surface area (Å²) in [5.74, 6) is 0.564. The van der Waals surface area contributed by atoms with Crippen molar-refractivity contribution >= 4 is 45.1 Å². The number of likely N-dealkylation sites (N-methyl/N-ethyl adjacent to an activating group) is 1. The number of carbonyl (C=O) groups is 2. The van der Waals surface area contributed by atoms with Crippen LogP contribution in [0.25, 0.3) is 16.2 Å². The van der Waals surface area contributed by atoms with E-state index in [0.29, 0.717) is 25.2 Å². The minimum Gasteiger partial charge on any atom is -0.338 e. The van der Waals surface area contributed by atoms with Crippen LogP contribution in [0.4, 0.5) is 5.82 Å². The summed E-state index contributed by atoms with van der Waals surface area (Å²) in [7, 11) is 1.82. The van der Waals surface area contributed by atoms with E-state index in [1.54, 1.807) is 34.6 Å². The molecule has 3 heterocycles. The smallest absolute Gasteiger partial charge is 0.246 e. The normalized spacial score (nSPS) is 13.6. The van der Waals surface area contributed by atoms with E-state index < -0.39 is 0 Å². The van der Waals surface area contributed by atoms with Crippen molar-refractivity contribution in [2.75, 3.05) is 12.4 Å². The lowest BCUT2D eigenvalue weighted by Gasteiger charge is -2.16. The van der Waals surface area contributed by atoms with E-state index in [2.05, 4.69) is 29.4 Å². The van der Waals surface area contributed by atoms with Gasteiger partial charge >= 0.3 is 0 Å². The molecule has 1 aliphatic rings. The number of aryl methyl sites for hydroxylation is 2. The van der Waals surface area contributed by atoms with Gasteiger partial charge in [-0.15, -0.1) is 11.3 Å². The maximum Gasteiger partial charge on any atom is 0.246 e. The molecule has 0 aliphatic carbocycles. The number of thiophene rings is 1. The molecule has 2 amide bonds. The molecule has 1 aromatic carbocycles. The lowest BCUT2D eigenvalue weighted by atomic mass is 10.0. The lowest BCUT2D eigenvalue weighted by Crippen LogP contribution is -2.24. The van der Waals surface area contributed by atoms with Crippen LogP contribution in [0.2, 0.25) is 0 Å². The maximum absolute atomic E-state index is 12.6. The van der Waals surface area contributed by atoms with Crippen molar-refractivity contribution in [2.45, 2.75) is 26.3 Å². The second kappa shape index (κ2) is 7.56. The van der Waals surface area contributed by atoms with Crippen LogP contribution in [-0.2, 0) is 22.6 Å². The molecular formula is C22H21N3O2S. The number of hydrogen-bond acceptors (Lipinski definition) is 4. The monoisotopic (exact) mass is 391 g/mol. The summed E-state index contributed by atoms with van der Waals surface area (Å²) < 4.78 is 1.25. The first-order valence-electron chi connectivity index (χ1n) is 9.20. The highest BCUT2D eigenvalue weighted by Crippen LogP contribution is 2.31. The molecule has 0 saturated carbocycles. The SMILES string of the molecule is Cc1sc2ccccc2c1CN(C)C(=O)C=Cc1cnc2c(c1)CCC(=O)N2. The number of hydrogen-bond donors (Lipinski definition) is 1. The van der Waals surface area contributed by atoms with Crippen molar-refractivity contribution in [2.24, 2.45) is 0 Å². The molecule has 0 radical (unpaired) electrons. The predicted molar refractivity (Wildman–Crippen MR) is 113 cm³/mol. The molecular weight excluding hydrogens is 370 g/mol. The Balaban J connectivity index is 1.47. The zero-order valence-electron chi connectivity index (χ0n) is 15.9. The first kappa shape index (κ1) is 18.4. The Hall–Kier alpha value is -2.99. The molecule has 142 valence electrons. The fourth-order valence-electron chi connectivity index (χ4n) is 3.39. The van der Waals surface area contributed by atoms with Crippen LogP contribution in [0.15, 0.2) is 42.6 Å². The number of pyridine rings is 1. The van der Waals surface area contributed by atoms with Gasteiger partial charge in [0, 0.05) is 41.9 Å². The summed E-state index contributed by atoms with van der Waals surface area (Å²) in [6.07, 6.45) is 6.17. The Labute approximate surface area is 167 Å². The number of nitrogens with zero attached hydrogens (tertiary/aromatic N) is 2. The van der Waals surface area contributed by atoms with Crippen molar-refractivity contribution in [1.29, 1.82) is 0 Å². The van der Waals surface area contributed by atoms with Gasteiger partial charge in [0.25, 0.3) is 0 Å². The number of benzene rings is 1. The minimum absolute atomic E-state index is 0.00339. The highest BCUT2D eigenvalue weighted by molar-refractivity contribution is 7.19. The van der Waals surface area contributed by atoms with E-state index in [-0.39, 0.29) is 11.8 Å². The van der Waals surface area contributed by atoms with Crippen molar-refractivity contribution in [3.8, 4) is 0 Å². The number of rotatable bonds is 4. The number of carbonyl (C=O) groups excluding carboxylic acids is 2. The summed E-state index contributed by atoms with van der Waals surface area (Å²) in [4.78, 5) is 31.3. The van der Waals surface area contributed by atoms with E-state index in [4.69, 9.17) is 0 Å². The van der Waals surface area contributed by atoms with Crippen LogP contribution in [-0.4, -0.2) is 28.7 Å². The molecule has 0 saturated heterocycles. The zero-order chi connectivity index (χ0) is 19.7. The molecule has 3 aromatic rings. The van der Waals surface area contributed by atoms with Crippen LogP contribution in [0.3, 0.4) is 0 Å². The number of anilines is 1. The molecule has 0 fully saturated rings. The summed E-state index contributed by atoms with van der Waals surface area (Å²) in [6, 6.07) is 10.3. The fraction of sp³-hybridized carbons (Fsp3) is 0.227. The van der Waals surface area contributed by atoms with Crippen LogP contribution < -0.4 is 5.32 Å².